The van der Waals surface area contributed by atoms with Gasteiger partial charge in [0.15, 0.2) is 0 Å². The van der Waals surface area contributed by atoms with Crippen LogP contribution in [0.1, 0.15) is 27.2 Å². The van der Waals surface area contributed by atoms with E-state index in [2.05, 4.69) is 43.4 Å². The van der Waals surface area contributed by atoms with Gasteiger partial charge < -0.3 is 15.5 Å². The van der Waals surface area contributed by atoms with E-state index in [9.17, 15) is 4.79 Å². The first-order valence-electron chi connectivity index (χ1n) is 6.13. The van der Waals surface area contributed by atoms with E-state index < -0.39 is 0 Å². The van der Waals surface area contributed by atoms with Crippen molar-refractivity contribution in [3.05, 3.63) is 0 Å². The first-order valence-corrected chi connectivity index (χ1v) is 6.13. The highest BCUT2D eigenvalue weighted by Gasteiger charge is 2.30. The van der Waals surface area contributed by atoms with Gasteiger partial charge in [0.25, 0.3) is 0 Å². The minimum absolute atomic E-state index is 0.0753. The predicted molar refractivity (Wildman–Crippen MR) is 66.3 cm³/mol. The van der Waals surface area contributed by atoms with Gasteiger partial charge in [0.2, 0.25) is 5.91 Å². The second-order valence-electron chi connectivity index (χ2n) is 5.22. The van der Waals surface area contributed by atoms with Crippen LogP contribution in [0.4, 0.5) is 0 Å². The van der Waals surface area contributed by atoms with Crippen LogP contribution in [0.15, 0.2) is 0 Å². The summed E-state index contributed by atoms with van der Waals surface area (Å²) >= 11 is 0. The molecule has 0 aromatic heterocycles. The predicted octanol–water partition coefficient (Wildman–Crippen LogP) is 0.439. The molecule has 0 bridgehead atoms. The maximum Gasteiger partial charge on any atom is 0.237 e. The number of nitrogens with zero attached hydrogens (tertiary/aromatic N) is 1. The maximum atomic E-state index is 11.7. The van der Waals surface area contributed by atoms with Gasteiger partial charge in [0.05, 0.1) is 6.04 Å². The van der Waals surface area contributed by atoms with Gasteiger partial charge in [0, 0.05) is 25.7 Å². The van der Waals surface area contributed by atoms with Crippen LogP contribution >= 0.6 is 0 Å². The topological polar surface area (TPSA) is 44.4 Å². The molecule has 16 heavy (non-hydrogen) atoms. The van der Waals surface area contributed by atoms with Crippen molar-refractivity contribution in [1.82, 2.24) is 15.5 Å². The fourth-order valence-corrected chi connectivity index (χ4v) is 2.29. The Morgan fingerprint density at radius 3 is 2.44 bits per heavy atom. The summed E-state index contributed by atoms with van der Waals surface area (Å²) in [6, 6.07) is 0.966. The zero-order valence-electron chi connectivity index (χ0n) is 11.1. The van der Waals surface area contributed by atoms with Gasteiger partial charge >= 0.3 is 0 Å². The molecule has 4 nitrogen and oxygen atoms in total. The quantitative estimate of drug-likeness (QED) is 0.732. The lowest BCUT2D eigenvalue weighted by Gasteiger charge is -2.24. The molecule has 1 amide bonds. The summed E-state index contributed by atoms with van der Waals surface area (Å²) in [4.78, 5) is 14.0. The Labute approximate surface area is 98.8 Å². The molecule has 1 fully saturated rings. The van der Waals surface area contributed by atoms with Gasteiger partial charge in [0.1, 0.15) is 0 Å². The molecule has 1 aliphatic rings. The van der Waals surface area contributed by atoms with E-state index in [4.69, 9.17) is 0 Å². The van der Waals surface area contributed by atoms with E-state index in [0.29, 0.717) is 18.0 Å². The third-order valence-electron chi connectivity index (χ3n) is 3.50. The Kier molecular flexibility index (Phi) is 4.74. The number of nitrogens with one attached hydrogen (secondary N) is 2. The van der Waals surface area contributed by atoms with E-state index in [0.717, 1.165) is 13.0 Å². The fraction of sp³-hybridized carbons (Fsp3) is 0.917. The minimum atomic E-state index is -0.0753. The standard InChI is InChI=1S/C12H25N3O/c1-8(2)11(12(16)13-4)14-10-6-9(3)15(5)7-10/h8-11,14H,6-7H2,1-5H3,(H,13,16). The maximum absolute atomic E-state index is 11.7. The molecule has 3 unspecified atom stereocenters. The second-order valence-corrected chi connectivity index (χ2v) is 5.22. The highest BCUT2D eigenvalue weighted by Crippen LogP contribution is 2.16. The molecular weight excluding hydrogens is 202 g/mol. The third kappa shape index (κ3) is 3.19. The Hall–Kier alpha value is -0.610. The molecule has 0 aliphatic carbocycles. The molecule has 3 atom stereocenters. The van der Waals surface area contributed by atoms with Gasteiger partial charge in [-0.3, -0.25) is 4.79 Å². The van der Waals surface area contributed by atoms with Gasteiger partial charge in [-0.05, 0) is 26.3 Å². The van der Waals surface area contributed by atoms with Crippen LogP contribution in [0.2, 0.25) is 0 Å². The molecular formula is C12H25N3O. The number of amides is 1. The zero-order valence-corrected chi connectivity index (χ0v) is 11.1. The fourth-order valence-electron chi connectivity index (χ4n) is 2.29. The van der Waals surface area contributed by atoms with Crippen LogP contribution in [0.3, 0.4) is 0 Å². The monoisotopic (exact) mass is 227 g/mol. The van der Waals surface area contributed by atoms with E-state index >= 15 is 0 Å². The molecule has 0 spiro atoms. The lowest BCUT2D eigenvalue weighted by molar-refractivity contribution is -0.123. The van der Waals surface area contributed by atoms with E-state index in [1.54, 1.807) is 7.05 Å². The number of likely N-dealkylation sites (N-methyl/N-ethyl adjacent to an activating group) is 2. The van der Waals surface area contributed by atoms with Crippen LogP contribution in [0, 0.1) is 5.92 Å². The van der Waals surface area contributed by atoms with Crippen LogP contribution in [-0.2, 0) is 4.79 Å². The van der Waals surface area contributed by atoms with Crippen molar-refractivity contribution in [2.45, 2.75) is 45.3 Å². The lowest BCUT2D eigenvalue weighted by atomic mass is 10.0. The van der Waals surface area contributed by atoms with Crippen molar-refractivity contribution in [3.8, 4) is 0 Å². The molecule has 2 N–H and O–H groups in total. The molecule has 0 aromatic rings. The Morgan fingerprint density at radius 1 is 1.44 bits per heavy atom. The molecule has 0 aromatic carbocycles. The molecule has 94 valence electrons. The summed E-state index contributed by atoms with van der Waals surface area (Å²) in [6.45, 7) is 7.41. The van der Waals surface area contributed by atoms with Gasteiger partial charge in [-0.1, -0.05) is 13.8 Å². The SMILES string of the molecule is CNC(=O)C(NC1CC(C)N(C)C1)C(C)C. The number of rotatable bonds is 4. The second kappa shape index (κ2) is 5.64. The van der Waals surface area contributed by atoms with Crippen molar-refractivity contribution in [2.24, 2.45) is 5.92 Å². The summed E-state index contributed by atoms with van der Waals surface area (Å²) in [6.07, 6.45) is 1.12. The molecule has 0 saturated carbocycles. The average Bonchev–Trinajstić information content (AvgIpc) is 2.53. The number of carbonyl (C=O) groups excluding carboxylic acids is 1. The van der Waals surface area contributed by atoms with E-state index in [-0.39, 0.29) is 11.9 Å². The number of likely N-dealkylation sites (tertiary alicyclic amines) is 1. The van der Waals surface area contributed by atoms with Crippen molar-refractivity contribution >= 4 is 5.91 Å². The van der Waals surface area contributed by atoms with Crippen LogP contribution in [-0.4, -0.2) is 49.6 Å². The summed E-state index contributed by atoms with van der Waals surface area (Å²) in [5, 5.41) is 6.20. The largest absolute Gasteiger partial charge is 0.358 e. The first kappa shape index (κ1) is 13.5. The first-order chi connectivity index (χ1) is 7.45. The summed E-state index contributed by atoms with van der Waals surface area (Å²) in [7, 11) is 3.83. The molecule has 1 heterocycles. The summed E-state index contributed by atoms with van der Waals surface area (Å²) in [5.74, 6) is 0.415. The van der Waals surface area contributed by atoms with Crippen molar-refractivity contribution < 1.29 is 4.79 Å². The third-order valence-corrected chi connectivity index (χ3v) is 3.50. The highest BCUT2D eigenvalue weighted by atomic mass is 16.2. The van der Waals surface area contributed by atoms with Crippen LogP contribution in [0.25, 0.3) is 0 Å². The van der Waals surface area contributed by atoms with Crippen LogP contribution in [0.5, 0.6) is 0 Å². The normalized spacial score (nSPS) is 28.4. The Bertz CT molecular complexity index is 232. The molecule has 4 heteroatoms. The number of hydrogen-bond acceptors (Lipinski definition) is 3. The Morgan fingerprint density at radius 2 is 2.06 bits per heavy atom. The van der Waals surface area contributed by atoms with Gasteiger partial charge in [-0.15, -0.1) is 0 Å². The molecule has 1 aliphatic heterocycles. The zero-order chi connectivity index (χ0) is 12.3. The van der Waals surface area contributed by atoms with E-state index in [1.165, 1.54) is 0 Å². The smallest absolute Gasteiger partial charge is 0.237 e. The van der Waals surface area contributed by atoms with Crippen molar-refractivity contribution in [1.29, 1.82) is 0 Å². The van der Waals surface area contributed by atoms with Crippen LogP contribution < -0.4 is 10.6 Å². The minimum Gasteiger partial charge on any atom is -0.358 e. The summed E-state index contributed by atoms with van der Waals surface area (Å²) in [5.41, 5.74) is 0. The molecule has 1 rings (SSSR count). The van der Waals surface area contributed by atoms with Gasteiger partial charge in [-0.25, -0.2) is 0 Å². The molecule has 1 saturated heterocycles. The Balaban J connectivity index is 2.53. The molecule has 0 radical (unpaired) electrons. The van der Waals surface area contributed by atoms with E-state index in [1.807, 2.05) is 0 Å². The lowest BCUT2D eigenvalue weighted by Crippen LogP contribution is -2.51. The number of carbonyl (C=O) groups is 1. The van der Waals surface area contributed by atoms with Gasteiger partial charge in [-0.2, -0.15) is 0 Å². The number of hydrogen-bond donors (Lipinski definition) is 2. The average molecular weight is 227 g/mol. The van der Waals surface area contributed by atoms with Crippen molar-refractivity contribution in [3.63, 3.8) is 0 Å². The highest BCUT2D eigenvalue weighted by molar-refractivity contribution is 5.81. The van der Waals surface area contributed by atoms with Crippen molar-refractivity contribution in [2.75, 3.05) is 20.6 Å². The summed E-state index contributed by atoms with van der Waals surface area (Å²) < 4.78 is 0.